The second kappa shape index (κ2) is 19.5. The molecule has 0 aromatic heterocycles. The number of carbonyl (C=O) groups is 1. The summed E-state index contributed by atoms with van der Waals surface area (Å²) in [6.07, 6.45) is 31.3. The lowest BCUT2D eigenvalue weighted by Gasteiger charge is -2.21. The van der Waals surface area contributed by atoms with Crippen LogP contribution in [0, 0.1) is 0 Å². The van der Waals surface area contributed by atoms with Crippen molar-refractivity contribution in [2.75, 3.05) is 0 Å². The van der Waals surface area contributed by atoms with Gasteiger partial charge in [-0.25, -0.2) is 0 Å². The lowest BCUT2D eigenvalue weighted by atomic mass is 9.98. The number of rotatable bonds is 18. The Kier molecular flexibility index (Phi) is 17.6. The van der Waals surface area contributed by atoms with E-state index in [-0.39, 0.29) is 12.1 Å². The minimum absolute atomic E-state index is 0.0413. The van der Waals surface area contributed by atoms with E-state index in [0.717, 1.165) is 19.3 Å². The Labute approximate surface area is 175 Å². The van der Waals surface area contributed by atoms with Crippen LogP contribution in [0.3, 0.4) is 0 Å². The number of hydrogen-bond donors (Lipinski definition) is 0. The van der Waals surface area contributed by atoms with Crippen LogP contribution < -0.4 is 0 Å². The van der Waals surface area contributed by atoms with E-state index < -0.39 is 0 Å². The van der Waals surface area contributed by atoms with E-state index in [1.165, 1.54) is 109 Å². The summed E-state index contributed by atoms with van der Waals surface area (Å²) in [6, 6.07) is 0. The zero-order valence-electron chi connectivity index (χ0n) is 18.9. The Morgan fingerprint density at radius 2 is 1.21 bits per heavy atom. The fraction of sp³-hybridized carbons (Fsp3) is 0.885. The first-order chi connectivity index (χ1) is 13.8. The van der Waals surface area contributed by atoms with Gasteiger partial charge in [0.05, 0.1) is 0 Å². The van der Waals surface area contributed by atoms with Gasteiger partial charge in [0.1, 0.15) is 6.10 Å². The standard InChI is InChI=1S/C26H48O2/c1-2-3-4-5-6-7-8-9-10-11-12-13-14-15-16-17-21-24-26(27)28-25-22-19-18-20-23-25/h9-10,25H,2-8,11-24H2,1H3. The van der Waals surface area contributed by atoms with Crippen LogP contribution >= 0.6 is 0 Å². The summed E-state index contributed by atoms with van der Waals surface area (Å²) in [6.45, 7) is 2.28. The first kappa shape index (κ1) is 25.2. The van der Waals surface area contributed by atoms with Gasteiger partial charge < -0.3 is 4.74 Å². The first-order valence-electron chi connectivity index (χ1n) is 12.7. The highest BCUT2D eigenvalue weighted by molar-refractivity contribution is 5.69. The SMILES string of the molecule is CCCCCCCCC=CCCCCCCCCCC(=O)OC1CCCCC1. The van der Waals surface area contributed by atoms with E-state index in [4.69, 9.17) is 4.74 Å². The Morgan fingerprint density at radius 1 is 0.714 bits per heavy atom. The Bertz CT molecular complexity index is 369. The van der Waals surface area contributed by atoms with E-state index in [1.807, 2.05) is 0 Å². The van der Waals surface area contributed by atoms with Crippen LogP contribution in [0.25, 0.3) is 0 Å². The Hall–Kier alpha value is -0.790. The van der Waals surface area contributed by atoms with Crippen molar-refractivity contribution in [3.63, 3.8) is 0 Å². The third-order valence-electron chi connectivity index (χ3n) is 5.99. The largest absolute Gasteiger partial charge is 0.462 e. The van der Waals surface area contributed by atoms with Gasteiger partial charge in [-0.05, 0) is 57.8 Å². The zero-order chi connectivity index (χ0) is 20.1. The molecule has 0 radical (unpaired) electrons. The lowest BCUT2D eigenvalue weighted by Crippen LogP contribution is -2.20. The van der Waals surface area contributed by atoms with E-state index in [1.54, 1.807) is 0 Å². The molecule has 1 aliphatic rings. The zero-order valence-corrected chi connectivity index (χ0v) is 18.9. The van der Waals surface area contributed by atoms with Gasteiger partial charge in [-0.15, -0.1) is 0 Å². The molecule has 1 rings (SSSR count). The molecule has 0 aliphatic heterocycles. The van der Waals surface area contributed by atoms with Crippen molar-refractivity contribution in [2.45, 2.75) is 148 Å². The maximum atomic E-state index is 11.8. The second-order valence-electron chi connectivity index (χ2n) is 8.79. The highest BCUT2D eigenvalue weighted by atomic mass is 16.5. The summed E-state index contributed by atoms with van der Waals surface area (Å²) in [5, 5.41) is 0. The molecular formula is C26H48O2. The van der Waals surface area contributed by atoms with Gasteiger partial charge in [0.15, 0.2) is 0 Å². The van der Waals surface area contributed by atoms with Crippen molar-refractivity contribution in [3.05, 3.63) is 12.2 Å². The van der Waals surface area contributed by atoms with Crippen LogP contribution in [0.2, 0.25) is 0 Å². The van der Waals surface area contributed by atoms with Crippen LogP contribution in [-0.4, -0.2) is 12.1 Å². The minimum Gasteiger partial charge on any atom is -0.462 e. The van der Waals surface area contributed by atoms with Crippen LogP contribution in [0.4, 0.5) is 0 Å². The molecule has 0 heterocycles. The highest BCUT2D eigenvalue weighted by Crippen LogP contribution is 2.21. The summed E-state index contributed by atoms with van der Waals surface area (Å²) in [4.78, 5) is 11.8. The average molecular weight is 393 g/mol. The summed E-state index contributed by atoms with van der Waals surface area (Å²) in [7, 11) is 0. The van der Waals surface area contributed by atoms with Gasteiger partial charge in [-0.2, -0.15) is 0 Å². The minimum atomic E-state index is 0.0413. The van der Waals surface area contributed by atoms with Gasteiger partial charge in [0, 0.05) is 6.42 Å². The second-order valence-corrected chi connectivity index (χ2v) is 8.79. The van der Waals surface area contributed by atoms with E-state index in [9.17, 15) is 4.79 Å². The number of hydrogen-bond acceptors (Lipinski definition) is 2. The number of allylic oxidation sites excluding steroid dienone is 2. The van der Waals surface area contributed by atoms with Crippen molar-refractivity contribution in [1.82, 2.24) is 0 Å². The van der Waals surface area contributed by atoms with Crippen LogP contribution in [0.5, 0.6) is 0 Å². The summed E-state index contributed by atoms with van der Waals surface area (Å²) in [5.41, 5.74) is 0. The molecule has 0 spiro atoms. The maximum Gasteiger partial charge on any atom is 0.306 e. The molecule has 164 valence electrons. The molecule has 0 aromatic rings. The van der Waals surface area contributed by atoms with E-state index in [2.05, 4.69) is 19.1 Å². The summed E-state index contributed by atoms with van der Waals surface area (Å²) < 4.78 is 5.57. The van der Waals surface area contributed by atoms with Gasteiger partial charge in [0.2, 0.25) is 0 Å². The molecule has 0 amide bonds. The predicted octanol–water partition coefficient (Wildman–Crippen LogP) is 8.68. The molecule has 1 saturated carbocycles. The molecule has 0 N–H and O–H groups in total. The molecule has 2 nitrogen and oxygen atoms in total. The maximum absolute atomic E-state index is 11.8. The van der Waals surface area contributed by atoms with Gasteiger partial charge in [0.25, 0.3) is 0 Å². The molecule has 0 aromatic carbocycles. The fourth-order valence-electron chi connectivity index (χ4n) is 4.12. The fourth-order valence-corrected chi connectivity index (χ4v) is 4.12. The highest BCUT2D eigenvalue weighted by Gasteiger charge is 2.17. The number of ether oxygens (including phenoxy) is 1. The topological polar surface area (TPSA) is 26.3 Å². The monoisotopic (exact) mass is 392 g/mol. The van der Waals surface area contributed by atoms with Crippen molar-refractivity contribution in [1.29, 1.82) is 0 Å². The first-order valence-corrected chi connectivity index (χ1v) is 12.7. The number of carbonyl (C=O) groups excluding carboxylic acids is 1. The quantitative estimate of drug-likeness (QED) is 0.132. The molecule has 0 unspecified atom stereocenters. The van der Waals surface area contributed by atoms with Crippen LogP contribution in [0.15, 0.2) is 12.2 Å². The summed E-state index contributed by atoms with van der Waals surface area (Å²) in [5.74, 6) is 0.0413. The predicted molar refractivity (Wildman–Crippen MR) is 122 cm³/mol. The van der Waals surface area contributed by atoms with Gasteiger partial charge in [-0.3, -0.25) is 4.79 Å². The molecule has 0 bridgehead atoms. The smallest absolute Gasteiger partial charge is 0.306 e. The van der Waals surface area contributed by atoms with Crippen molar-refractivity contribution in [2.24, 2.45) is 0 Å². The van der Waals surface area contributed by atoms with E-state index >= 15 is 0 Å². The molecule has 28 heavy (non-hydrogen) atoms. The van der Waals surface area contributed by atoms with Gasteiger partial charge >= 0.3 is 5.97 Å². The third kappa shape index (κ3) is 16.2. The molecule has 0 atom stereocenters. The van der Waals surface area contributed by atoms with Crippen molar-refractivity contribution in [3.8, 4) is 0 Å². The molecule has 2 heteroatoms. The Balaban J connectivity index is 1.75. The Morgan fingerprint density at radius 3 is 1.79 bits per heavy atom. The van der Waals surface area contributed by atoms with Crippen LogP contribution in [0.1, 0.15) is 142 Å². The molecular weight excluding hydrogens is 344 g/mol. The number of esters is 1. The lowest BCUT2D eigenvalue weighted by molar-refractivity contribution is -0.150. The molecule has 1 aliphatic carbocycles. The summed E-state index contributed by atoms with van der Waals surface area (Å²) >= 11 is 0. The molecule has 0 saturated heterocycles. The normalized spacial score (nSPS) is 15.3. The van der Waals surface area contributed by atoms with Crippen molar-refractivity contribution < 1.29 is 9.53 Å². The van der Waals surface area contributed by atoms with Crippen molar-refractivity contribution >= 4 is 5.97 Å². The third-order valence-corrected chi connectivity index (χ3v) is 5.99. The van der Waals surface area contributed by atoms with Gasteiger partial charge in [-0.1, -0.05) is 89.7 Å². The number of unbranched alkanes of at least 4 members (excludes halogenated alkanes) is 13. The van der Waals surface area contributed by atoms with Crippen LogP contribution in [-0.2, 0) is 9.53 Å². The molecule has 1 fully saturated rings. The van der Waals surface area contributed by atoms with E-state index in [0.29, 0.717) is 6.42 Å². The average Bonchev–Trinajstić information content (AvgIpc) is 2.71.